The van der Waals surface area contributed by atoms with E-state index in [-0.39, 0.29) is 12.5 Å². The van der Waals surface area contributed by atoms with Gasteiger partial charge in [0.05, 0.1) is 12.6 Å². The second-order valence-corrected chi connectivity index (χ2v) is 6.04. The Bertz CT molecular complexity index is 536. The Kier molecular flexibility index (Phi) is 4.56. The molecule has 1 aliphatic carbocycles. The van der Waals surface area contributed by atoms with Gasteiger partial charge in [-0.3, -0.25) is 4.79 Å². The normalized spacial score (nSPS) is 16.9. The topological polar surface area (TPSA) is 64.9 Å². The van der Waals surface area contributed by atoms with Crippen molar-refractivity contribution in [1.29, 1.82) is 5.26 Å². The number of para-hydroxylation sites is 1. The van der Waals surface area contributed by atoms with Crippen LogP contribution in [0.2, 0.25) is 0 Å². The lowest BCUT2D eigenvalue weighted by Crippen LogP contribution is -2.48. The van der Waals surface area contributed by atoms with Crippen LogP contribution in [-0.2, 0) is 4.79 Å². The Labute approximate surface area is 123 Å². The molecule has 20 heavy (non-hydrogen) atoms. The number of hydrogen-bond donors (Lipinski definition) is 2. The molecule has 2 N–H and O–H groups in total. The van der Waals surface area contributed by atoms with Gasteiger partial charge in [0.1, 0.15) is 5.54 Å². The first-order valence-electron chi connectivity index (χ1n) is 6.68. The molecule has 1 aliphatic rings. The highest BCUT2D eigenvalue weighted by Crippen LogP contribution is 2.39. The van der Waals surface area contributed by atoms with Crippen LogP contribution in [-0.4, -0.2) is 24.2 Å². The first-order valence-corrected chi connectivity index (χ1v) is 7.90. The van der Waals surface area contributed by atoms with Crippen molar-refractivity contribution >= 4 is 23.4 Å². The summed E-state index contributed by atoms with van der Waals surface area (Å²) in [6.45, 7) is 1.99. The van der Waals surface area contributed by atoms with Crippen molar-refractivity contribution in [2.45, 2.75) is 30.2 Å². The minimum Gasteiger partial charge on any atom is -0.375 e. The Morgan fingerprint density at radius 2 is 2.20 bits per heavy atom. The van der Waals surface area contributed by atoms with Crippen LogP contribution in [0.4, 0.5) is 5.69 Å². The van der Waals surface area contributed by atoms with Gasteiger partial charge in [-0.15, -0.1) is 11.8 Å². The standard InChI is InChI=1S/C15H19N3OS/c1-15(10-16,11-7-8-11)18-14(19)9-17-12-5-3-4-6-13(12)20-2/h3-6,11,17H,7-9H2,1-2H3,(H,18,19). The second kappa shape index (κ2) is 6.19. The van der Waals surface area contributed by atoms with E-state index in [1.165, 1.54) is 0 Å². The lowest BCUT2D eigenvalue weighted by atomic mass is 9.98. The van der Waals surface area contributed by atoms with Gasteiger partial charge in [-0.1, -0.05) is 12.1 Å². The molecule has 0 heterocycles. The summed E-state index contributed by atoms with van der Waals surface area (Å²) < 4.78 is 0. The van der Waals surface area contributed by atoms with Crippen molar-refractivity contribution in [3.63, 3.8) is 0 Å². The van der Waals surface area contributed by atoms with Gasteiger partial charge in [-0.25, -0.2) is 0 Å². The van der Waals surface area contributed by atoms with E-state index < -0.39 is 5.54 Å². The quantitative estimate of drug-likeness (QED) is 0.790. The van der Waals surface area contributed by atoms with Crippen LogP contribution >= 0.6 is 11.8 Å². The summed E-state index contributed by atoms with van der Waals surface area (Å²) in [5, 5.41) is 15.2. The van der Waals surface area contributed by atoms with E-state index in [9.17, 15) is 10.1 Å². The Balaban J connectivity index is 1.91. The number of hydrogen-bond acceptors (Lipinski definition) is 4. The van der Waals surface area contributed by atoms with Crippen molar-refractivity contribution in [2.75, 3.05) is 18.1 Å². The molecule has 5 heteroatoms. The number of thioether (sulfide) groups is 1. The molecule has 0 aromatic heterocycles. The zero-order chi connectivity index (χ0) is 14.6. The molecule has 2 rings (SSSR count). The van der Waals surface area contributed by atoms with Crippen LogP contribution < -0.4 is 10.6 Å². The Morgan fingerprint density at radius 1 is 1.50 bits per heavy atom. The number of amides is 1. The third-order valence-corrected chi connectivity index (χ3v) is 4.37. The Morgan fingerprint density at radius 3 is 2.80 bits per heavy atom. The van der Waals surface area contributed by atoms with Gasteiger partial charge in [0.15, 0.2) is 0 Å². The van der Waals surface area contributed by atoms with Gasteiger partial charge < -0.3 is 10.6 Å². The van der Waals surface area contributed by atoms with Gasteiger partial charge in [0, 0.05) is 10.6 Å². The summed E-state index contributed by atoms with van der Waals surface area (Å²) in [6.07, 6.45) is 4.04. The molecule has 0 bridgehead atoms. The summed E-state index contributed by atoms with van der Waals surface area (Å²) in [6, 6.07) is 10.1. The van der Waals surface area contributed by atoms with Crippen molar-refractivity contribution in [2.24, 2.45) is 5.92 Å². The number of benzene rings is 1. The summed E-state index contributed by atoms with van der Waals surface area (Å²) >= 11 is 1.63. The number of anilines is 1. The average molecular weight is 289 g/mol. The van der Waals surface area contributed by atoms with E-state index >= 15 is 0 Å². The molecule has 1 unspecified atom stereocenters. The van der Waals surface area contributed by atoms with Gasteiger partial charge in [-0.05, 0) is 44.1 Å². The minimum absolute atomic E-state index is 0.142. The summed E-state index contributed by atoms with van der Waals surface area (Å²) in [5.41, 5.74) is 0.220. The highest BCUT2D eigenvalue weighted by molar-refractivity contribution is 7.98. The molecule has 1 aromatic carbocycles. The first-order chi connectivity index (χ1) is 9.59. The molecule has 0 saturated heterocycles. The van der Waals surface area contributed by atoms with Crippen LogP contribution in [0, 0.1) is 17.2 Å². The number of carbonyl (C=O) groups is 1. The van der Waals surface area contributed by atoms with Gasteiger partial charge in [-0.2, -0.15) is 5.26 Å². The van der Waals surface area contributed by atoms with Crippen molar-refractivity contribution in [3.8, 4) is 6.07 Å². The third-order valence-electron chi connectivity index (χ3n) is 3.57. The SMILES string of the molecule is CSc1ccccc1NCC(=O)NC(C)(C#N)C1CC1. The molecule has 1 amide bonds. The molecule has 0 aliphatic heterocycles. The largest absolute Gasteiger partial charge is 0.375 e. The van der Waals surface area contributed by atoms with Crippen molar-refractivity contribution in [3.05, 3.63) is 24.3 Å². The molecule has 1 atom stereocenters. The highest BCUT2D eigenvalue weighted by Gasteiger charge is 2.42. The van der Waals surface area contributed by atoms with E-state index in [4.69, 9.17) is 0 Å². The molecule has 4 nitrogen and oxygen atoms in total. The second-order valence-electron chi connectivity index (χ2n) is 5.19. The maximum Gasteiger partial charge on any atom is 0.240 e. The van der Waals surface area contributed by atoms with E-state index in [0.29, 0.717) is 5.92 Å². The predicted octanol–water partition coefficient (Wildman–Crippen LogP) is 2.63. The monoisotopic (exact) mass is 289 g/mol. The number of nitrogens with zero attached hydrogens (tertiary/aromatic N) is 1. The average Bonchev–Trinajstić information content (AvgIpc) is 3.30. The molecule has 0 radical (unpaired) electrons. The fourth-order valence-electron chi connectivity index (χ4n) is 2.18. The van der Waals surface area contributed by atoms with Gasteiger partial charge >= 0.3 is 0 Å². The molecular formula is C15H19N3OS. The maximum atomic E-state index is 12.0. The van der Waals surface area contributed by atoms with Crippen LogP contribution in [0.5, 0.6) is 0 Å². The predicted molar refractivity (Wildman–Crippen MR) is 81.6 cm³/mol. The summed E-state index contributed by atoms with van der Waals surface area (Å²) in [4.78, 5) is 13.1. The maximum absolute atomic E-state index is 12.0. The molecule has 1 saturated carbocycles. The van der Waals surface area contributed by atoms with E-state index in [1.54, 1.807) is 18.7 Å². The van der Waals surface area contributed by atoms with Gasteiger partial charge in [0.2, 0.25) is 5.91 Å². The van der Waals surface area contributed by atoms with Crippen LogP contribution in [0.15, 0.2) is 29.2 Å². The number of nitrogens with one attached hydrogen (secondary N) is 2. The van der Waals surface area contributed by atoms with E-state index in [2.05, 4.69) is 16.7 Å². The van der Waals surface area contributed by atoms with E-state index in [0.717, 1.165) is 23.4 Å². The Hall–Kier alpha value is -1.67. The molecular weight excluding hydrogens is 270 g/mol. The lowest BCUT2D eigenvalue weighted by molar-refractivity contribution is -0.120. The van der Waals surface area contributed by atoms with Crippen molar-refractivity contribution < 1.29 is 4.79 Å². The van der Waals surface area contributed by atoms with Crippen molar-refractivity contribution in [1.82, 2.24) is 5.32 Å². The third kappa shape index (κ3) is 3.45. The zero-order valence-electron chi connectivity index (χ0n) is 11.8. The smallest absolute Gasteiger partial charge is 0.240 e. The molecule has 1 fully saturated rings. The molecule has 0 spiro atoms. The zero-order valence-corrected chi connectivity index (χ0v) is 12.6. The number of carbonyl (C=O) groups excluding carboxylic acids is 1. The van der Waals surface area contributed by atoms with Crippen LogP contribution in [0.3, 0.4) is 0 Å². The molecule has 106 valence electrons. The highest BCUT2D eigenvalue weighted by atomic mass is 32.2. The summed E-state index contributed by atoms with van der Waals surface area (Å²) in [5.74, 6) is 0.159. The first kappa shape index (κ1) is 14.7. The number of rotatable bonds is 6. The number of nitriles is 1. The fourth-order valence-corrected chi connectivity index (χ4v) is 2.76. The van der Waals surface area contributed by atoms with E-state index in [1.807, 2.05) is 30.5 Å². The molecule has 1 aromatic rings. The minimum atomic E-state index is -0.724. The van der Waals surface area contributed by atoms with Crippen LogP contribution in [0.1, 0.15) is 19.8 Å². The van der Waals surface area contributed by atoms with Crippen LogP contribution in [0.25, 0.3) is 0 Å². The summed E-state index contributed by atoms with van der Waals surface area (Å²) in [7, 11) is 0. The van der Waals surface area contributed by atoms with Gasteiger partial charge in [0.25, 0.3) is 0 Å². The lowest BCUT2D eigenvalue weighted by Gasteiger charge is -2.23. The fraction of sp³-hybridized carbons (Fsp3) is 0.467.